The lowest BCUT2D eigenvalue weighted by Gasteiger charge is -2.05. The molecule has 3 rings (SSSR count). The van der Waals surface area contributed by atoms with E-state index in [1.165, 1.54) is 18.4 Å². The molecule has 2 N–H and O–H groups in total. The van der Waals surface area contributed by atoms with Gasteiger partial charge in [-0.25, -0.2) is 9.78 Å². The zero-order valence-electron chi connectivity index (χ0n) is 14.3. The number of aryl methyl sites for hydroxylation is 1. The van der Waals surface area contributed by atoms with E-state index in [1.807, 2.05) is 49.4 Å². The maximum atomic E-state index is 12.6. The fourth-order valence-electron chi connectivity index (χ4n) is 2.27. The van der Waals surface area contributed by atoms with Crippen molar-refractivity contribution in [2.75, 3.05) is 17.7 Å². The zero-order valence-corrected chi connectivity index (χ0v) is 15.1. The molecule has 0 bridgehead atoms. The second-order valence-electron chi connectivity index (χ2n) is 5.50. The van der Waals surface area contributed by atoms with Gasteiger partial charge in [0.2, 0.25) is 0 Å². The zero-order chi connectivity index (χ0) is 18.5. The molecule has 1 heterocycles. The Morgan fingerprint density at radius 2 is 1.69 bits per heavy atom. The van der Waals surface area contributed by atoms with Crippen LogP contribution in [0, 0.1) is 6.92 Å². The summed E-state index contributed by atoms with van der Waals surface area (Å²) in [5.74, 6) is -0.240. The molecule has 0 spiro atoms. The Hall–Kier alpha value is -3.19. The third-order valence-electron chi connectivity index (χ3n) is 3.61. The van der Waals surface area contributed by atoms with E-state index in [9.17, 15) is 9.59 Å². The van der Waals surface area contributed by atoms with E-state index in [0.29, 0.717) is 21.4 Å². The first-order valence-corrected chi connectivity index (χ1v) is 8.67. The van der Waals surface area contributed by atoms with Gasteiger partial charge in [-0.1, -0.05) is 59.4 Å². The van der Waals surface area contributed by atoms with Crippen LogP contribution in [0.2, 0.25) is 0 Å². The van der Waals surface area contributed by atoms with Gasteiger partial charge in [0, 0.05) is 11.1 Å². The second kappa shape index (κ2) is 7.79. The predicted octanol–water partition coefficient (Wildman–Crippen LogP) is 4.55. The summed E-state index contributed by atoms with van der Waals surface area (Å²) in [5.41, 5.74) is 3.04. The van der Waals surface area contributed by atoms with Crippen LogP contribution in [-0.2, 0) is 4.74 Å². The van der Waals surface area contributed by atoms with Crippen molar-refractivity contribution in [3.05, 3.63) is 65.7 Å². The lowest BCUT2D eigenvalue weighted by atomic mass is 10.1. The first-order valence-electron chi connectivity index (χ1n) is 7.86. The minimum absolute atomic E-state index is 0.240. The van der Waals surface area contributed by atoms with Gasteiger partial charge in [-0.2, -0.15) is 0 Å². The predicted molar refractivity (Wildman–Crippen MR) is 103 cm³/mol. The van der Waals surface area contributed by atoms with Crippen molar-refractivity contribution in [2.45, 2.75) is 6.92 Å². The Balaban J connectivity index is 1.92. The van der Waals surface area contributed by atoms with E-state index in [1.54, 1.807) is 12.1 Å². The van der Waals surface area contributed by atoms with Crippen molar-refractivity contribution < 1.29 is 14.3 Å². The lowest BCUT2D eigenvalue weighted by molar-refractivity contribution is 0.102. The summed E-state index contributed by atoms with van der Waals surface area (Å²) in [6.45, 7) is 1.96. The number of benzene rings is 2. The van der Waals surface area contributed by atoms with Gasteiger partial charge >= 0.3 is 6.09 Å². The number of methoxy groups -OCH3 is 1. The maximum absolute atomic E-state index is 12.6. The Morgan fingerprint density at radius 3 is 2.35 bits per heavy atom. The number of aromatic nitrogens is 1. The summed E-state index contributed by atoms with van der Waals surface area (Å²) in [6, 6.07) is 16.7. The molecule has 132 valence electrons. The summed E-state index contributed by atoms with van der Waals surface area (Å²) >= 11 is 1.17. The average Bonchev–Trinajstić information content (AvgIpc) is 3.05. The summed E-state index contributed by atoms with van der Waals surface area (Å²) in [6.07, 6.45) is -0.616. The highest BCUT2D eigenvalue weighted by atomic mass is 32.1. The standard InChI is InChI=1S/C19H17N3O3S/c1-12-8-10-14(11-9-12)16(23)21-17-15(13-6-4-3-5-7-13)20-18(26-17)22-19(24)25-2/h3-11H,1-2H3,(H,21,23)(H,20,22,24). The molecule has 0 atom stereocenters. The number of anilines is 2. The molecule has 1 aromatic heterocycles. The van der Waals surface area contributed by atoms with Crippen LogP contribution in [0.3, 0.4) is 0 Å². The van der Waals surface area contributed by atoms with Crippen molar-refractivity contribution in [3.8, 4) is 11.3 Å². The number of thiazole rings is 1. The van der Waals surface area contributed by atoms with E-state index in [-0.39, 0.29) is 5.91 Å². The fourth-order valence-corrected chi connectivity index (χ4v) is 3.14. The molecule has 0 aliphatic carbocycles. The smallest absolute Gasteiger partial charge is 0.413 e. The van der Waals surface area contributed by atoms with Crippen LogP contribution in [0.4, 0.5) is 14.9 Å². The van der Waals surface area contributed by atoms with Crippen molar-refractivity contribution in [2.24, 2.45) is 0 Å². The third-order valence-corrected chi connectivity index (χ3v) is 4.50. The number of nitrogens with one attached hydrogen (secondary N) is 2. The average molecular weight is 367 g/mol. The van der Waals surface area contributed by atoms with Crippen LogP contribution in [-0.4, -0.2) is 24.1 Å². The molecule has 6 nitrogen and oxygen atoms in total. The number of rotatable bonds is 4. The number of hydrogen-bond acceptors (Lipinski definition) is 5. The highest BCUT2D eigenvalue weighted by Crippen LogP contribution is 2.36. The first-order chi connectivity index (χ1) is 12.6. The van der Waals surface area contributed by atoms with Gasteiger partial charge in [-0.3, -0.25) is 10.1 Å². The van der Waals surface area contributed by atoms with Gasteiger partial charge in [-0.15, -0.1) is 0 Å². The molecule has 3 aromatic rings. The number of hydrogen-bond donors (Lipinski definition) is 2. The van der Waals surface area contributed by atoms with Crippen LogP contribution in [0.5, 0.6) is 0 Å². The third kappa shape index (κ3) is 4.07. The van der Waals surface area contributed by atoms with E-state index in [2.05, 4.69) is 20.4 Å². The van der Waals surface area contributed by atoms with Crippen molar-refractivity contribution in [1.29, 1.82) is 0 Å². The first kappa shape index (κ1) is 17.6. The van der Waals surface area contributed by atoms with Gasteiger partial charge in [0.05, 0.1) is 7.11 Å². The van der Waals surface area contributed by atoms with Crippen LogP contribution in [0.15, 0.2) is 54.6 Å². The minimum Gasteiger partial charge on any atom is -0.453 e. The molecular weight excluding hydrogens is 350 g/mol. The molecule has 7 heteroatoms. The van der Waals surface area contributed by atoms with E-state index in [4.69, 9.17) is 0 Å². The molecule has 2 amide bonds. The van der Waals surface area contributed by atoms with E-state index < -0.39 is 6.09 Å². The quantitative estimate of drug-likeness (QED) is 0.709. The largest absolute Gasteiger partial charge is 0.453 e. The number of nitrogens with zero attached hydrogens (tertiary/aromatic N) is 1. The van der Waals surface area contributed by atoms with Crippen LogP contribution in [0.1, 0.15) is 15.9 Å². The van der Waals surface area contributed by atoms with Gasteiger partial charge in [0.1, 0.15) is 10.7 Å². The number of carbonyl (C=O) groups excluding carboxylic acids is 2. The summed E-state index contributed by atoms with van der Waals surface area (Å²) in [5, 5.41) is 6.31. The van der Waals surface area contributed by atoms with E-state index in [0.717, 1.165) is 11.1 Å². The summed E-state index contributed by atoms with van der Waals surface area (Å²) in [4.78, 5) is 28.4. The Morgan fingerprint density at radius 1 is 1.00 bits per heavy atom. The van der Waals surface area contributed by atoms with Crippen molar-refractivity contribution in [1.82, 2.24) is 4.98 Å². The lowest BCUT2D eigenvalue weighted by Crippen LogP contribution is -2.11. The molecule has 26 heavy (non-hydrogen) atoms. The number of amides is 2. The van der Waals surface area contributed by atoms with Crippen LogP contribution < -0.4 is 10.6 Å². The molecule has 2 aromatic carbocycles. The number of ether oxygens (including phenoxy) is 1. The molecule has 0 unspecified atom stereocenters. The normalized spacial score (nSPS) is 10.2. The monoisotopic (exact) mass is 367 g/mol. The highest BCUT2D eigenvalue weighted by molar-refractivity contribution is 7.20. The summed E-state index contributed by atoms with van der Waals surface area (Å²) < 4.78 is 4.60. The van der Waals surface area contributed by atoms with Gasteiger partial charge in [0.15, 0.2) is 5.13 Å². The molecular formula is C19H17N3O3S. The van der Waals surface area contributed by atoms with Crippen molar-refractivity contribution in [3.63, 3.8) is 0 Å². The molecule has 0 radical (unpaired) electrons. The molecule has 0 aliphatic heterocycles. The molecule has 0 saturated heterocycles. The van der Waals surface area contributed by atoms with Gasteiger partial charge < -0.3 is 10.1 Å². The second-order valence-corrected chi connectivity index (χ2v) is 6.50. The SMILES string of the molecule is COC(=O)Nc1nc(-c2ccccc2)c(NC(=O)c2ccc(C)cc2)s1. The minimum atomic E-state index is -0.616. The van der Waals surface area contributed by atoms with Crippen molar-refractivity contribution >= 4 is 33.5 Å². The topological polar surface area (TPSA) is 80.3 Å². The van der Waals surface area contributed by atoms with Gasteiger partial charge in [0.25, 0.3) is 5.91 Å². The van der Waals surface area contributed by atoms with Crippen LogP contribution >= 0.6 is 11.3 Å². The highest BCUT2D eigenvalue weighted by Gasteiger charge is 2.17. The number of carbonyl (C=O) groups is 2. The fraction of sp³-hybridized carbons (Fsp3) is 0.105. The van der Waals surface area contributed by atoms with Crippen LogP contribution in [0.25, 0.3) is 11.3 Å². The molecule has 0 aliphatic rings. The summed E-state index contributed by atoms with van der Waals surface area (Å²) in [7, 11) is 1.28. The van der Waals surface area contributed by atoms with Gasteiger partial charge in [-0.05, 0) is 19.1 Å². The van der Waals surface area contributed by atoms with E-state index >= 15 is 0 Å². The molecule has 0 saturated carbocycles. The Kier molecular flexibility index (Phi) is 5.28. The molecule has 0 fully saturated rings. The Labute approximate surface area is 154 Å². The Bertz CT molecular complexity index is 921. The maximum Gasteiger partial charge on any atom is 0.413 e.